The van der Waals surface area contributed by atoms with Crippen LogP contribution >= 0.6 is 15.6 Å². The molecule has 0 amide bonds. The van der Waals surface area contributed by atoms with E-state index in [1.165, 1.54) is 89.9 Å². The molecule has 0 heterocycles. The first-order valence-corrected chi connectivity index (χ1v) is 43.7. The fraction of sp³-hybridized carbons (Fsp3) is 0.655. The van der Waals surface area contributed by atoms with Gasteiger partial charge in [-0.15, -0.1) is 0 Å². The molecule has 19 heteroatoms. The highest BCUT2D eigenvalue weighted by Crippen LogP contribution is 2.45. The molecule has 0 aliphatic heterocycles. The van der Waals surface area contributed by atoms with Crippen molar-refractivity contribution in [2.75, 3.05) is 39.6 Å². The summed E-state index contributed by atoms with van der Waals surface area (Å²) in [6, 6.07) is 0. The summed E-state index contributed by atoms with van der Waals surface area (Å²) in [4.78, 5) is 73.0. The molecule has 0 aromatic heterocycles. The third-order valence-corrected chi connectivity index (χ3v) is 18.4. The Hall–Kier alpha value is -5.32. The number of unbranched alkanes of at least 4 members (excludes halogenated alkanes) is 23. The van der Waals surface area contributed by atoms with Gasteiger partial charge in [0.1, 0.15) is 19.3 Å². The van der Waals surface area contributed by atoms with E-state index in [2.05, 4.69) is 149 Å². The van der Waals surface area contributed by atoms with Gasteiger partial charge >= 0.3 is 39.5 Å². The molecular formula is C87H144O17P2. The van der Waals surface area contributed by atoms with Gasteiger partial charge in [0, 0.05) is 25.7 Å². The second-order valence-corrected chi connectivity index (χ2v) is 29.5. The minimum atomic E-state index is -5.01. The zero-order valence-electron chi connectivity index (χ0n) is 66.1. The number of carbonyl (C=O) groups excluding carboxylic acids is 4. The van der Waals surface area contributed by atoms with E-state index in [0.717, 1.165) is 128 Å². The van der Waals surface area contributed by atoms with E-state index >= 15 is 0 Å². The maximum atomic E-state index is 13.1. The monoisotopic (exact) mass is 1520 g/mol. The smallest absolute Gasteiger partial charge is 0.462 e. The summed E-state index contributed by atoms with van der Waals surface area (Å²) < 4.78 is 68.5. The lowest BCUT2D eigenvalue weighted by Gasteiger charge is -2.21. The Bertz CT molecular complexity index is 2630. The number of aliphatic hydroxyl groups is 1. The fourth-order valence-corrected chi connectivity index (χ4v) is 12.0. The van der Waals surface area contributed by atoms with Gasteiger partial charge in [-0.05, 0) is 128 Å². The van der Waals surface area contributed by atoms with Crippen molar-refractivity contribution in [2.24, 2.45) is 0 Å². The molecule has 604 valence electrons. The van der Waals surface area contributed by atoms with Crippen LogP contribution in [0.1, 0.15) is 310 Å². The molecule has 0 fully saturated rings. The average molecular weight is 1520 g/mol. The van der Waals surface area contributed by atoms with Crippen LogP contribution in [0.5, 0.6) is 0 Å². The molecule has 106 heavy (non-hydrogen) atoms. The Morgan fingerprint density at radius 1 is 0.274 bits per heavy atom. The van der Waals surface area contributed by atoms with Crippen LogP contribution in [0.25, 0.3) is 0 Å². The molecule has 0 aromatic carbocycles. The van der Waals surface area contributed by atoms with Crippen molar-refractivity contribution in [1.82, 2.24) is 0 Å². The third kappa shape index (κ3) is 76.9. The second kappa shape index (κ2) is 77.8. The highest BCUT2D eigenvalue weighted by atomic mass is 31.2. The summed E-state index contributed by atoms with van der Waals surface area (Å²) in [7, 11) is -10.0. The topological polar surface area (TPSA) is 237 Å². The highest BCUT2D eigenvalue weighted by molar-refractivity contribution is 7.47. The molecule has 0 aliphatic rings. The number of carbonyl (C=O) groups is 4. The molecule has 0 bridgehead atoms. The van der Waals surface area contributed by atoms with Gasteiger partial charge in [0.2, 0.25) is 0 Å². The minimum Gasteiger partial charge on any atom is -0.462 e. The number of esters is 4. The van der Waals surface area contributed by atoms with E-state index in [0.29, 0.717) is 38.5 Å². The number of phosphoric ester groups is 2. The molecule has 2 unspecified atom stereocenters. The Morgan fingerprint density at radius 3 is 0.830 bits per heavy atom. The van der Waals surface area contributed by atoms with Gasteiger partial charge in [0.15, 0.2) is 12.2 Å². The van der Waals surface area contributed by atoms with E-state index in [1.807, 2.05) is 36.5 Å². The zero-order chi connectivity index (χ0) is 77.4. The number of ether oxygens (including phenoxy) is 4. The maximum absolute atomic E-state index is 13.1. The molecule has 0 radical (unpaired) electrons. The van der Waals surface area contributed by atoms with Crippen molar-refractivity contribution >= 4 is 39.5 Å². The molecule has 5 atom stereocenters. The fourth-order valence-electron chi connectivity index (χ4n) is 10.4. The lowest BCUT2D eigenvalue weighted by Crippen LogP contribution is -2.30. The average Bonchev–Trinajstić information content (AvgIpc) is 0.899. The summed E-state index contributed by atoms with van der Waals surface area (Å²) >= 11 is 0. The molecule has 0 saturated heterocycles. The number of hydrogen-bond donors (Lipinski definition) is 3. The summed E-state index contributed by atoms with van der Waals surface area (Å²) in [6.45, 7) is 4.47. The molecule has 3 N–H and O–H groups in total. The standard InChI is InChI=1S/C87H144O17P2/c1-5-9-13-17-21-25-29-33-36-38-40-42-45-49-52-56-60-64-68-72-85(90)98-77-82(103-86(91)73-69-65-61-57-53-47-32-28-24-20-16-12-8-4)79-101-105(93,94)99-75-81(88)76-100-106(95,96)102-80-83(78-97-84(89)71-67-63-59-55-51-48-44-35-31-27-23-19-15-11-7-3)104-87(92)74-70-66-62-58-54-50-46-43-41-39-37-34-30-26-22-18-14-10-6-2/h9-10,13-14,21-22,25-26,33-37,40-44,49-50,52,54,60,62,64,66,81-83,88H,5-8,11-12,15-20,23-24,27-32,38-39,45-48,51,53,55-59,61,63,65,67-80H2,1-4H3,(H,93,94)(H,95,96)/b13-9-,14-10-,25-21-,26-22-,36-33-,37-34-,42-40-,43-41-,44-35-,52-49-,54-50-,64-60-,66-62-/t81-,82-,83-/m1/s1. The van der Waals surface area contributed by atoms with Crippen LogP contribution in [0.2, 0.25) is 0 Å². The quantitative estimate of drug-likeness (QED) is 0.0169. The van der Waals surface area contributed by atoms with E-state index in [4.69, 9.17) is 37.0 Å². The zero-order valence-corrected chi connectivity index (χ0v) is 67.8. The normalized spacial score (nSPS) is 14.7. The Balaban J connectivity index is 5.49. The number of hydrogen-bond acceptors (Lipinski definition) is 15. The predicted molar refractivity (Wildman–Crippen MR) is 436 cm³/mol. The Morgan fingerprint density at radius 2 is 0.509 bits per heavy atom. The molecule has 0 aromatic rings. The van der Waals surface area contributed by atoms with Crippen molar-refractivity contribution in [3.8, 4) is 0 Å². The van der Waals surface area contributed by atoms with Crippen molar-refractivity contribution in [3.05, 3.63) is 158 Å². The van der Waals surface area contributed by atoms with E-state index < -0.39 is 97.5 Å². The number of allylic oxidation sites excluding steroid dienone is 26. The maximum Gasteiger partial charge on any atom is 0.472 e. The Labute approximate surface area is 642 Å². The van der Waals surface area contributed by atoms with Gasteiger partial charge < -0.3 is 33.8 Å². The highest BCUT2D eigenvalue weighted by Gasteiger charge is 2.30. The largest absolute Gasteiger partial charge is 0.472 e. The molecule has 0 spiro atoms. The summed E-state index contributed by atoms with van der Waals surface area (Å²) in [5.41, 5.74) is 0. The van der Waals surface area contributed by atoms with Crippen LogP contribution in [0.4, 0.5) is 0 Å². The van der Waals surface area contributed by atoms with Crippen LogP contribution in [-0.2, 0) is 65.4 Å². The number of aliphatic hydroxyl groups excluding tert-OH is 1. The van der Waals surface area contributed by atoms with Gasteiger partial charge in [0.25, 0.3) is 0 Å². The molecule has 17 nitrogen and oxygen atoms in total. The summed E-state index contributed by atoms with van der Waals surface area (Å²) in [6.07, 6.45) is 91.1. The predicted octanol–water partition coefficient (Wildman–Crippen LogP) is 24.0. The molecule has 0 saturated carbocycles. The first kappa shape index (κ1) is 101. The molecular weight excluding hydrogens is 1380 g/mol. The van der Waals surface area contributed by atoms with Gasteiger partial charge in [0.05, 0.1) is 26.4 Å². The van der Waals surface area contributed by atoms with Crippen LogP contribution in [0, 0.1) is 0 Å². The van der Waals surface area contributed by atoms with Gasteiger partial charge in [-0.25, -0.2) is 9.13 Å². The SMILES string of the molecule is CC/C=C\C/C=C\C/C=C\C/C=C\C/C=C\C/C=C\CCC(=O)OC[C@H](COP(=O)(O)OC[C@@H](O)COP(=O)(O)OC[C@@H](COC(=O)CCCCCCC/C=C\CCCCCCCC)OC(=O)CC/C=C\C/C=C\C/C=C\C/C=C\C/C=C\C/C=C\CC)OC(=O)CCCCCCCCCCCCCCC. The van der Waals surface area contributed by atoms with Crippen LogP contribution in [-0.4, -0.2) is 96.7 Å². The van der Waals surface area contributed by atoms with Gasteiger partial charge in [-0.1, -0.05) is 314 Å². The van der Waals surface area contributed by atoms with Crippen LogP contribution in [0.15, 0.2) is 158 Å². The Kier molecular flexibility index (Phi) is 73.9. The van der Waals surface area contributed by atoms with Crippen LogP contribution < -0.4 is 0 Å². The van der Waals surface area contributed by atoms with Crippen LogP contribution in [0.3, 0.4) is 0 Å². The minimum absolute atomic E-state index is 0.0319. The van der Waals surface area contributed by atoms with E-state index in [1.54, 1.807) is 0 Å². The van der Waals surface area contributed by atoms with E-state index in [-0.39, 0.29) is 25.7 Å². The first-order valence-electron chi connectivity index (χ1n) is 40.7. The van der Waals surface area contributed by atoms with Crippen molar-refractivity contribution in [1.29, 1.82) is 0 Å². The van der Waals surface area contributed by atoms with Gasteiger partial charge in [-0.2, -0.15) is 0 Å². The lowest BCUT2D eigenvalue weighted by molar-refractivity contribution is -0.161. The van der Waals surface area contributed by atoms with Crippen molar-refractivity contribution in [2.45, 2.75) is 329 Å². The first-order chi connectivity index (χ1) is 51.7. The van der Waals surface area contributed by atoms with E-state index in [9.17, 15) is 43.2 Å². The third-order valence-electron chi connectivity index (χ3n) is 16.5. The molecule has 0 rings (SSSR count). The second-order valence-electron chi connectivity index (χ2n) is 26.6. The van der Waals surface area contributed by atoms with Crippen molar-refractivity contribution < 1.29 is 80.2 Å². The summed E-state index contributed by atoms with van der Waals surface area (Å²) in [5, 5.41) is 10.6. The van der Waals surface area contributed by atoms with Crippen molar-refractivity contribution in [3.63, 3.8) is 0 Å². The number of rotatable bonds is 75. The van der Waals surface area contributed by atoms with Gasteiger partial charge in [-0.3, -0.25) is 37.3 Å². The lowest BCUT2D eigenvalue weighted by atomic mass is 10.0. The number of phosphoric acid groups is 2. The molecule has 0 aliphatic carbocycles. The summed E-state index contributed by atoms with van der Waals surface area (Å²) in [5.74, 6) is -2.38.